The maximum absolute atomic E-state index is 13.2. The second-order valence-electron chi connectivity index (χ2n) is 7.37. The van der Waals surface area contributed by atoms with Crippen LogP contribution in [0, 0.1) is 5.82 Å². The van der Waals surface area contributed by atoms with Crippen molar-refractivity contribution in [2.24, 2.45) is 0 Å². The summed E-state index contributed by atoms with van der Waals surface area (Å²) in [4.78, 5) is 6.80. The lowest BCUT2D eigenvalue weighted by Gasteiger charge is -2.38. The number of rotatable bonds is 4. The van der Waals surface area contributed by atoms with E-state index in [-0.39, 0.29) is 5.82 Å². The molecule has 28 heavy (non-hydrogen) atoms. The molecule has 0 unspecified atom stereocenters. The van der Waals surface area contributed by atoms with Crippen LogP contribution in [0.2, 0.25) is 5.02 Å². The Kier molecular flexibility index (Phi) is 5.44. The predicted molar refractivity (Wildman–Crippen MR) is 109 cm³/mol. The molecule has 0 aliphatic carbocycles. The van der Waals surface area contributed by atoms with E-state index in [1.807, 2.05) is 36.5 Å². The van der Waals surface area contributed by atoms with Gasteiger partial charge in [-0.1, -0.05) is 35.9 Å². The standard InChI is InChI=1S/C23H22ClFN2O/c24-20-5-1-18(2-6-20)22-15-17(9-12-26-22)16-27-13-10-23(28,11-14-27)19-3-7-21(25)8-4-19/h1-9,12,15,28H,10-11,13-14,16H2. The van der Waals surface area contributed by atoms with Crippen LogP contribution in [-0.4, -0.2) is 28.1 Å². The number of aromatic nitrogens is 1. The molecular weight excluding hydrogens is 375 g/mol. The second-order valence-corrected chi connectivity index (χ2v) is 7.81. The van der Waals surface area contributed by atoms with Crippen molar-refractivity contribution in [3.05, 3.63) is 88.8 Å². The Bertz CT molecular complexity index is 936. The van der Waals surface area contributed by atoms with Crippen molar-refractivity contribution in [3.63, 3.8) is 0 Å². The summed E-state index contributed by atoms with van der Waals surface area (Å²) in [5.41, 5.74) is 3.07. The molecule has 144 valence electrons. The number of hydrogen-bond donors (Lipinski definition) is 1. The highest BCUT2D eigenvalue weighted by Crippen LogP contribution is 2.33. The van der Waals surface area contributed by atoms with E-state index in [2.05, 4.69) is 16.0 Å². The molecule has 5 heteroatoms. The number of aliphatic hydroxyl groups is 1. The van der Waals surface area contributed by atoms with E-state index in [4.69, 9.17) is 11.6 Å². The zero-order chi connectivity index (χ0) is 19.6. The third-order valence-electron chi connectivity index (χ3n) is 5.44. The Morgan fingerprint density at radius 1 is 1.00 bits per heavy atom. The van der Waals surface area contributed by atoms with Gasteiger partial charge in [0.05, 0.1) is 11.3 Å². The quantitative estimate of drug-likeness (QED) is 0.672. The third kappa shape index (κ3) is 4.25. The summed E-state index contributed by atoms with van der Waals surface area (Å²) >= 11 is 5.97. The van der Waals surface area contributed by atoms with Gasteiger partial charge in [0.1, 0.15) is 5.82 Å². The Balaban J connectivity index is 1.42. The van der Waals surface area contributed by atoms with Gasteiger partial charge >= 0.3 is 0 Å². The smallest absolute Gasteiger partial charge is 0.123 e. The Morgan fingerprint density at radius 3 is 2.36 bits per heavy atom. The monoisotopic (exact) mass is 396 g/mol. The highest BCUT2D eigenvalue weighted by atomic mass is 35.5. The van der Waals surface area contributed by atoms with Crippen molar-refractivity contribution in [3.8, 4) is 11.3 Å². The second kappa shape index (κ2) is 8.00. The van der Waals surface area contributed by atoms with Crippen molar-refractivity contribution < 1.29 is 9.50 Å². The molecule has 1 fully saturated rings. The first-order valence-electron chi connectivity index (χ1n) is 9.43. The number of piperidine rings is 1. The zero-order valence-electron chi connectivity index (χ0n) is 15.5. The van der Waals surface area contributed by atoms with Crippen LogP contribution in [0.1, 0.15) is 24.0 Å². The molecule has 0 amide bonds. The van der Waals surface area contributed by atoms with Crippen LogP contribution in [0.25, 0.3) is 11.3 Å². The van der Waals surface area contributed by atoms with Crippen molar-refractivity contribution >= 4 is 11.6 Å². The molecule has 1 aliphatic rings. The minimum absolute atomic E-state index is 0.279. The number of likely N-dealkylation sites (tertiary alicyclic amines) is 1. The van der Waals surface area contributed by atoms with Crippen molar-refractivity contribution in [1.29, 1.82) is 0 Å². The molecule has 1 aromatic heterocycles. The van der Waals surface area contributed by atoms with Crippen LogP contribution in [0.3, 0.4) is 0 Å². The number of nitrogens with zero attached hydrogens (tertiary/aromatic N) is 2. The first kappa shape index (κ1) is 19.1. The number of halogens is 2. The van der Waals surface area contributed by atoms with Gasteiger partial charge in [0.2, 0.25) is 0 Å². The molecule has 3 nitrogen and oxygen atoms in total. The fraction of sp³-hybridized carbons (Fsp3) is 0.261. The summed E-state index contributed by atoms with van der Waals surface area (Å²) in [6.07, 6.45) is 3.10. The minimum atomic E-state index is -0.878. The lowest BCUT2D eigenvalue weighted by atomic mass is 9.84. The first-order chi connectivity index (χ1) is 13.5. The van der Waals surface area contributed by atoms with Gasteiger partial charge in [-0.2, -0.15) is 0 Å². The van der Waals surface area contributed by atoms with Crippen LogP contribution in [0.15, 0.2) is 66.9 Å². The van der Waals surface area contributed by atoms with Crippen molar-refractivity contribution in [2.45, 2.75) is 25.0 Å². The van der Waals surface area contributed by atoms with Gasteiger partial charge in [0, 0.05) is 36.4 Å². The van der Waals surface area contributed by atoms with Crippen LogP contribution in [-0.2, 0) is 12.1 Å². The fourth-order valence-corrected chi connectivity index (χ4v) is 3.87. The highest BCUT2D eigenvalue weighted by Gasteiger charge is 2.33. The van der Waals surface area contributed by atoms with Gasteiger partial charge < -0.3 is 5.11 Å². The number of benzene rings is 2. The Hall–Kier alpha value is -2.27. The van der Waals surface area contributed by atoms with Gasteiger partial charge in [-0.25, -0.2) is 4.39 Å². The molecule has 1 aliphatic heterocycles. The van der Waals surface area contributed by atoms with E-state index in [9.17, 15) is 9.50 Å². The van der Waals surface area contributed by atoms with Gasteiger partial charge in [-0.3, -0.25) is 9.88 Å². The Morgan fingerprint density at radius 2 is 1.68 bits per heavy atom. The number of hydrogen-bond acceptors (Lipinski definition) is 3. The van der Waals surface area contributed by atoms with E-state index in [0.29, 0.717) is 17.9 Å². The van der Waals surface area contributed by atoms with E-state index >= 15 is 0 Å². The molecule has 0 bridgehead atoms. The summed E-state index contributed by atoms with van der Waals surface area (Å²) in [5, 5.41) is 11.7. The maximum Gasteiger partial charge on any atom is 0.123 e. The summed E-state index contributed by atoms with van der Waals surface area (Å²) in [7, 11) is 0. The molecule has 0 saturated carbocycles. The average Bonchev–Trinajstić information content (AvgIpc) is 2.71. The van der Waals surface area contributed by atoms with Gasteiger partial charge in [0.25, 0.3) is 0 Å². The van der Waals surface area contributed by atoms with Gasteiger partial charge in [-0.05, 0) is 60.4 Å². The van der Waals surface area contributed by atoms with Gasteiger partial charge in [-0.15, -0.1) is 0 Å². The van der Waals surface area contributed by atoms with Gasteiger partial charge in [0.15, 0.2) is 0 Å². The fourth-order valence-electron chi connectivity index (χ4n) is 3.74. The predicted octanol–water partition coefficient (Wildman–Crippen LogP) is 5.02. The topological polar surface area (TPSA) is 36.4 Å². The molecule has 1 saturated heterocycles. The third-order valence-corrected chi connectivity index (χ3v) is 5.69. The summed E-state index contributed by atoms with van der Waals surface area (Å²) < 4.78 is 13.2. The summed E-state index contributed by atoms with van der Waals surface area (Å²) in [6, 6.07) is 18.0. The SMILES string of the molecule is OC1(c2ccc(F)cc2)CCN(Cc2ccnc(-c3ccc(Cl)cc3)c2)CC1. The lowest BCUT2D eigenvalue weighted by molar-refractivity contribution is -0.0277. The van der Waals surface area contributed by atoms with Crippen molar-refractivity contribution in [1.82, 2.24) is 9.88 Å². The van der Waals surface area contributed by atoms with Crippen LogP contribution in [0.4, 0.5) is 4.39 Å². The van der Waals surface area contributed by atoms with Crippen LogP contribution < -0.4 is 0 Å². The van der Waals surface area contributed by atoms with E-state index in [1.54, 1.807) is 12.1 Å². The summed E-state index contributed by atoms with van der Waals surface area (Å²) in [5.74, 6) is -0.279. The molecular formula is C23H22ClFN2O. The highest BCUT2D eigenvalue weighted by molar-refractivity contribution is 6.30. The Labute approximate surface area is 169 Å². The molecule has 0 spiro atoms. The van der Waals surface area contributed by atoms with Crippen LogP contribution in [0.5, 0.6) is 0 Å². The normalized spacial score (nSPS) is 16.8. The molecule has 3 aromatic rings. The largest absolute Gasteiger partial charge is 0.385 e. The van der Waals surface area contributed by atoms with E-state index in [0.717, 1.165) is 36.5 Å². The molecule has 4 rings (SSSR count). The minimum Gasteiger partial charge on any atom is -0.385 e. The van der Waals surface area contributed by atoms with Crippen LogP contribution >= 0.6 is 11.6 Å². The average molecular weight is 397 g/mol. The summed E-state index contributed by atoms with van der Waals surface area (Å²) in [6.45, 7) is 2.38. The lowest BCUT2D eigenvalue weighted by Crippen LogP contribution is -2.42. The maximum atomic E-state index is 13.2. The zero-order valence-corrected chi connectivity index (χ0v) is 16.2. The van der Waals surface area contributed by atoms with E-state index in [1.165, 1.54) is 17.7 Å². The molecule has 1 N–H and O–H groups in total. The molecule has 2 heterocycles. The number of pyridine rings is 1. The van der Waals surface area contributed by atoms with E-state index < -0.39 is 5.60 Å². The molecule has 0 radical (unpaired) electrons. The first-order valence-corrected chi connectivity index (χ1v) is 9.81. The van der Waals surface area contributed by atoms with Crippen molar-refractivity contribution in [2.75, 3.05) is 13.1 Å². The molecule has 0 atom stereocenters. The molecule has 2 aromatic carbocycles.